The largest absolute Gasteiger partial charge is 0.481 e. The summed E-state index contributed by atoms with van der Waals surface area (Å²) < 4.78 is 19.0. The lowest BCUT2D eigenvalue weighted by atomic mass is 10.0. The van der Waals surface area contributed by atoms with Gasteiger partial charge in [0.1, 0.15) is 5.75 Å². The van der Waals surface area contributed by atoms with Crippen LogP contribution in [0.3, 0.4) is 0 Å². The minimum atomic E-state index is -3.06. The molecule has 0 amide bonds. The summed E-state index contributed by atoms with van der Waals surface area (Å²) >= 11 is 0. The molecule has 0 saturated heterocycles. The van der Waals surface area contributed by atoms with Gasteiger partial charge in [0.2, 0.25) is 0 Å². The molecule has 1 atom stereocenters. The first-order valence-corrected chi connectivity index (χ1v) is 8.61. The van der Waals surface area contributed by atoms with Crippen LogP contribution in [-0.2, 0) is 9.36 Å². The minimum absolute atomic E-state index is 0.00281. The molecule has 108 valence electrons. The standard InChI is InChI=1S/C16H15O4P/c17-16(18)10-5-11-21(19)15-9-4-2-7-13(15)12-6-1-3-8-14(12)20-21/h1-4,6-9H,5,10-11H2,(H,17,18). The van der Waals surface area contributed by atoms with Gasteiger partial charge in [0, 0.05) is 18.1 Å². The number of hydrogen-bond acceptors (Lipinski definition) is 3. The van der Waals surface area contributed by atoms with Gasteiger partial charge in [-0.15, -0.1) is 0 Å². The van der Waals surface area contributed by atoms with Crippen molar-refractivity contribution in [3.05, 3.63) is 48.5 Å². The molecule has 0 radical (unpaired) electrons. The fourth-order valence-electron chi connectivity index (χ4n) is 2.58. The van der Waals surface area contributed by atoms with Gasteiger partial charge in [0.05, 0.1) is 5.30 Å². The minimum Gasteiger partial charge on any atom is -0.481 e. The van der Waals surface area contributed by atoms with Gasteiger partial charge < -0.3 is 9.63 Å². The van der Waals surface area contributed by atoms with Crippen molar-refractivity contribution in [2.45, 2.75) is 12.8 Å². The number of carboxylic acid groups (broad SMARTS) is 1. The van der Waals surface area contributed by atoms with Crippen LogP contribution in [0, 0.1) is 0 Å². The first kappa shape index (κ1) is 13.9. The zero-order valence-corrected chi connectivity index (χ0v) is 12.3. The van der Waals surface area contributed by atoms with Gasteiger partial charge >= 0.3 is 5.97 Å². The summed E-state index contributed by atoms with van der Waals surface area (Å²) in [6.45, 7) is 0. The topological polar surface area (TPSA) is 63.6 Å². The van der Waals surface area contributed by atoms with Crippen LogP contribution in [0.1, 0.15) is 12.8 Å². The van der Waals surface area contributed by atoms with Crippen LogP contribution in [0.5, 0.6) is 5.75 Å². The Morgan fingerprint density at radius 1 is 1.05 bits per heavy atom. The normalized spacial score (nSPS) is 19.2. The Kier molecular flexibility index (Phi) is 3.56. The van der Waals surface area contributed by atoms with Gasteiger partial charge in [0.15, 0.2) is 0 Å². The van der Waals surface area contributed by atoms with E-state index in [4.69, 9.17) is 9.63 Å². The summed E-state index contributed by atoms with van der Waals surface area (Å²) in [5.41, 5.74) is 1.84. The maximum Gasteiger partial charge on any atom is 0.303 e. The zero-order valence-electron chi connectivity index (χ0n) is 11.4. The van der Waals surface area contributed by atoms with Crippen molar-refractivity contribution in [1.82, 2.24) is 0 Å². The first-order valence-electron chi connectivity index (χ1n) is 6.80. The Bertz CT molecular complexity index is 739. The van der Waals surface area contributed by atoms with Crippen molar-refractivity contribution >= 4 is 18.6 Å². The number of carbonyl (C=O) groups is 1. The van der Waals surface area contributed by atoms with Crippen LogP contribution in [0.2, 0.25) is 0 Å². The summed E-state index contributed by atoms with van der Waals surface area (Å²) in [5.74, 6) is -0.276. The number of carboxylic acids is 1. The Labute approximate surface area is 122 Å². The van der Waals surface area contributed by atoms with Gasteiger partial charge in [0.25, 0.3) is 7.37 Å². The summed E-state index contributed by atoms with van der Waals surface area (Å²) in [6.07, 6.45) is 0.574. The Morgan fingerprint density at radius 2 is 1.71 bits per heavy atom. The number of para-hydroxylation sites is 1. The molecule has 1 heterocycles. The molecule has 1 aliphatic rings. The van der Waals surface area contributed by atoms with Crippen LogP contribution in [0.25, 0.3) is 11.1 Å². The highest BCUT2D eigenvalue weighted by molar-refractivity contribution is 7.67. The average molecular weight is 302 g/mol. The lowest BCUT2D eigenvalue weighted by Gasteiger charge is -2.28. The van der Waals surface area contributed by atoms with E-state index in [9.17, 15) is 9.36 Å². The van der Waals surface area contributed by atoms with Crippen LogP contribution >= 0.6 is 7.37 Å². The van der Waals surface area contributed by atoms with Crippen molar-refractivity contribution in [2.75, 3.05) is 6.16 Å². The molecule has 1 N–H and O–H groups in total. The monoisotopic (exact) mass is 302 g/mol. The highest BCUT2D eigenvalue weighted by Gasteiger charge is 2.35. The predicted molar refractivity (Wildman–Crippen MR) is 81.5 cm³/mol. The smallest absolute Gasteiger partial charge is 0.303 e. The van der Waals surface area contributed by atoms with E-state index in [0.717, 1.165) is 11.1 Å². The molecule has 5 heteroatoms. The fraction of sp³-hybridized carbons (Fsp3) is 0.188. The Morgan fingerprint density at radius 3 is 2.48 bits per heavy atom. The molecule has 0 bridgehead atoms. The summed E-state index contributed by atoms with van der Waals surface area (Å²) in [6, 6.07) is 15.0. The molecule has 21 heavy (non-hydrogen) atoms. The number of fused-ring (bicyclic) bond motifs is 3. The fourth-order valence-corrected chi connectivity index (χ4v) is 4.94. The van der Waals surface area contributed by atoms with E-state index < -0.39 is 13.3 Å². The van der Waals surface area contributed by atoms with Crippen LogP contribution < -0.4 is 9.83 Å². The van der Waals surface area contributed by atoms with Gasteiger partial charge in [-0.3, -0.25) is 9.36 Å². The summed E-state index contributed by atoms with van der Waals surface area (Å²) in [7, 11) is -3.06. The van der Waals surface area contributed by atoms with Crippen LogP contribution in [0.15, 0.2) is 48.5 Å². The summed E-state index contributed by atoms with van der Waals surface area (Å²) in [5, 5.41) is 9.44. The van der Waals surface area contributed by atoms with E-state index in [1.54, 1.807) is 6.07 Å². The first-order chi connectivity index (χ1) is 10.1. The van der Waals surface area contributed by atoms with Gasteiger partial charge in [-0.2, -0.15) is 0 Å². The zero-order chi connectivity index (χ0) is 14.9. The highest BCUT2D eigenvalue weighted by Crippen LogP contribution is 2.54. The van der Waals surface area contributed by atoms with Crippen molar-refractivity contribution in [3.8, 4) is 16.9 Å². The Balaban J connectivity index is 2.01. The molecule has 1 unspecified atom stereocenters. The van der Waals surface area contributed by atoms with Gasteiger partial charge in [-0.25, -0.2) is 0 Å². The van der Waals surface area contributed by atoms with Gasteiger partial charge in [-0.1, -0.05) is 36.4 Å². The maximum atomic E-state index is 13.2. The van der Waals surface area contributed by atoms with E-state index in [1.807, 2.05) is 42.5 Å². The van der Waals surface area contributed by atoms with E-state index in [0.29, 0.717) is 17.5 Å². The third-order valence-corrected chi connectivity index (χ3v) is 6.06. The van der Waals surface area contributed by atoms with E-state index in [-0.39, 0.29) is 12.6 Å². The highest BCUT2D eigenvalue weighted by atomic mass is 31.2. The molecule has 2 aromatic rings. The second-order valence-electron chi connectivity index (χ2n) is 5.00. The number of rotatable bonds is 4. The molecule has 1 aliphatic heterocycles. The second-order valence-corrected chi connectivity index (χ2v) is 7.46. The third kappa shape index (κ3) is 2.59. The van der Waals surface area contributed by atoms with E-state index in [1.165, 1.54) is 0 Å². The number of benzene rings is 2. The van der Waals surface area contributed by atoms with Crippen molar-refractivity contribution < 1.29 is 19.0 Å². The van der Waals surface area contributed by atoms with Crippen molar-refractivity contribution in [3.63, 3.8) is 0 Å². The molecule has 3 rings (SSSR count). The average Bonchev–Trinajstić information content (AvgIpc) is 2.47. The molecule has 0 fully saturated rings. The molecule has 0 spiro atoms. The molecule has 0 aliphatic carbocycles. The number of aliphatic carboxylic acids is 1. The quantitative estimate of drug-likeness (QED) is 0.878. The molecule has 4 nitrogen and oxygen atoms in total. The molecule has 0 saturated carbocycles. The van der Waals surface area contributed by atoms with E-state index >= 15 is 0 Å². The molecule has 0 aromatic heterocycles. The summed E-state index contributed by atoms with van der Waals surface area (Å²) in [4.78, 5) is 10.7. The maximum absolute atomic E-state index is 13.2. The van der Waals surface area contributed by atoms with Gasteiger partial charge in [-0.05, 0) is 24.1 Å². The molecular formula is C16H15O4P. The number of hydrogen-bond donors (Lipinski definition) is 1. The second kappa shape index (κ2) is 5.38. The van der Waals surface area contributed by atoms with E-state index in [2.05, 4.69) is 0 Å². The molecular weight excluding hydrogens is 287 g/mol. The van der Waals surface area contributed by atoms with Crippen molar-refractivity contribution in [2.24, 2.45) is 0 Å². The Hall–Kier alpha value is -2.06. The third-order valence-electron chi connectivity index (χ3n) is 3.54. The molecule has 2 aromatic carbocycles. The van der Waals surface area contributed by atoms with Crippen molar-refractivity contribution in [1.29, 1.82) is 0 Å². The van der Waals surface area contributed by atoms with Crippen LogP contribution in [0.4, 0.5) is 0 Å². The SMILES string of the molecule is O=C(O)CCCP1(=O)Oc2ccccc2-c2ccccc21. The predicted octanol–water partition coefficient (Wildman–Crippen LogP) is 3.51. The lowest BCUT2D eigenvalue weighted by Crippen LogP contribution is -2.20. The lowest BCUT2D eigenvalue weighted by molar-refractivity contribution is -0.137. The van der Waals surface area contributed by atoms with Crippen LogP contribution in [-0.4, -0.2) is 17.2 Å².